The van der Waals surface area contributed by atoms with Crippen LogP contribution in [0.15, 0.2) is 36.4 Å². The van der Waals surface area contributed by atoms with Gasteiger partial charge in [0.1, 0.15) is 11.6 Å². The fourth-order valence-electron chi connectivity index (χ4n) is 3.08. The lowest BCUT2D eigenvalue weighted by Crippen LogP contribution is -2.44. The zero-order chi connectivity index (χ0) is 22.3. The minimum Gasteiger partial charge on any atom is -0.456 e. The van der Waals surface area contributed by atoms with Crippen molar-refractivity contribution in [3.05, 3.63) is 42.0 Å². The predicted octanol–water partition coefficient (Wildman–Crippen LogP) is 4.38. The zero-order valence-electron chi connectivity index (χ0n) is 18.4. The van der Waals surface area contributed by atoms with E-state index in [9.17, 15) is 14.4 Å². The third kappa shape index (κ3) is 6.31. The molecular formula is C24H31N2O4. The Bertz CT molecular complexity index is 902. The Morgan fingerprint density at radius 2 is 1.83 bits per heavy atom. The van der Waals surface area contributed by atoms with Crippen LogP contribution in [-0.2, 0) is 14.3 Å². The maximum absolute atomic E-state index is 12.8. The number of anilines is 1. The van der Waals surface area contributed by atoms with Crippen LogP contribution in [0.2, 0.25) is 0 Å². The molecule has 0 aromatic heterocycles. The van der Waals surface area contributed by atoms with Gasteiger partial charge in [-0.1, -0.05) is 50.1 Å². The number of unbranched alkanes of at least 4 members (excludes halogenated alkanes) is 1. The minimum absolute atomic E-state index is 0.331. The van der Waals surface area contributed by atoms with E-state index in [1.54, 1.807) is 13.0 Å². The molecule has 2 rings (SSSR count). The first-order valence-corrected chi connectivity index (χ1v) is 10.4. The molecule has 0 heterocycles. The highest BCUT2D eigenvalue weighted by Crippen LogP contribution is 2.30. The number of hydrogen-bond acceptors (Lipinski definition) is 5. The number of carbonyl (C=O) groups excluding carboxylic acids is 3. The van der Waals surface area contributed by atoms with Crippen molar-refractivity contribution in [1.29, 1.82) is 0 Å². The third-order valence-electron chi connectivity index (χ3n) is 4.61. The highest BCUT2D eigenvalue weighted by Gasteiger charge is 2.24. The van der Waals surface area contributed by atoms with Crippen LogP contribution in [0.25, 0.3) is 10.8 Å². The SMILES string of the molecule is CCCCC([C]=O)NC(=O)C(C)Nc1c(C(=O)OC(C)(C)C)ccc2ccccc12. The van der Waals surface area contributed by atoms with Gasteiger partial charge in [0, 0.05) is 5.39 Å². The molecule has 6 nitrogen and oxygen atoms in total. The number of fused-ring (bicyclic) bond motifs is 1. The van der Waals surface area contributed by atoms with Crippen LogP contribution in [-0.4, -0.2) is 35.8 Å². The fraction of sp³-hybridized carbons (Fsp3) is 0.458. The molecule has 0 bridgehead atoms. The van der Waals surface area contributed by atoms with E-state index < -0.39 is 23.7 Å². The molecule has 0 aliphatic rings. The van der Waals surface area contributed by atoms with Crippen molar-refractivity contribution in [1.82, 2.24) is 5.32 Å². The van der Waals surface area contributed by atoms with Gasteiger partial charge in [-0.15, -0.1) is 0 Å². The minimum atomic E-state index is -0.672. The number of benzene rings is 2. The van der Waals surface area contributed by atoms with Crippen molar-refractivity contribution in [2.24, 2.45) is 0 Å². The van der Waals surface area contributed by atoms with Crippen molar-refractivity contribution in [2.45, 2.75) is 71.6 Å². The molecule has 0 fully saturated rings. The normalized spacial score (nSPS) is 13.4. The van der Waals surface area contributed by atoms with Crippen molar-refractivity contribution in [2.75, 3.05) is 5.32 Å². The Balaban J connectivity index is 2.32. The van der Waals surface area contributed by atoms with Crippen molar-refractivity contribution in [3.8, 4) is 0 Å². The molecule has 0 saturated heterocycles. The maximum atomic E-state index is 12.8. The summed E-state index contributed by atoms with van der Waals surface area (Å²) in [6, 6.07) is 9.85. The van der Waals surface area contributed by atoms with Crippen LogP contribution in [0.1, 0.15) is 64.2 Å². The fourth-order valence-corrected chi connectivity index (χ4v) is 3.08. The average molecular weight is 412 g/mol. The van der Waals surface area contributed by atoms with Gasteiger partial charge in [0.15, 0.2) is 0 Å². The maximum Gasteiger partial charge on any atom is 0.340 e. The number of amides is 1. The largest absolute Gasteiger partial charge is 0.456 e. The second kappa shape index (κ2) is 10.2. The molecule has 0 spiro atoms. The summed E-state index contributed by atoms with van der Waals surface area (Å²) in [6.45, 7) is 9.13. The molecule has 2 N–H and O–H groups in total. The van der Waals surface area contributed by atoms with Crippen molar-refractivity contribution < 1.29 is 19.1 Å². The molecule has 1 radical (unpaired) electrons. The molecule has 2 aromatic carbocycles. The molecule has 1 amide bonds. The van der Waals surface area contributed by atoms with E-state index in [4.69, 9.17) is 4.74 Å². The van der Waals surface area contributed by atoms with Gasteiger partial charge in [-0.2, -0.15) is 0 Å². The molecule has 0 saturated carbocycles. The van der Waals surface area contributed by atoms with E-state index in [1.807, 2.05) is 64.3 Å². The summed E-state index contributed by atoms with van der Waals surface area (Å²) in [5.41, 5.74) is 0.243. The molecule has 2 atom stereocenters. The second-order valence-corrected chi connectivity index (χ2v) is 8.40. The Hall–Kier alpha value is -2.89. The van der Waals surface area contributed by atoms with Crippen LogP contribution < -0.4 is 10.6 Å². The highest BCUT2D eigenvalue weighted by atomic mass is 16.6. The lowest BCUT2D eigenvalue weighted by atomic mass is 10.0. The summed E-state index contributed by atoms with van der Waals surface area (Å²) in [7, 11) is 0. The van der Waals surface area contributed by atoms with Gasteiger partial charge in [-0.05, 0) is 45.6 Å². The third-order valence-corrected chi connectivity index (χ3v) is 4.61. The summed E-state index contributed by atoms with van der Waals surface area (Å²) in [6.07, 6.45) is 4.19. The van der Waals surface area contributed by atoms with Gasteiger partial charge in [-0.3, -0.25) is 9.59 Å². The zero-order valence-corrected chi connectivity index (χ0v) is 18.4. The van der Waals surface area contributed by atoms with Gasteiger partial charge in [0.05, 0.1) is 17.3 Å². The van der Waals surface area contributed by atoms with Crippen LogP contribution >= 0.6 is 0 Å². The Morgan fingerprint density at radius 1 is 1.13 bits per heavy atom. The second-order valence-electron chi connectivity index (χ2n) is 8.40. The van der Waals surface area contributed by atoms with Gasteiger partial charge in [0.2, 0.25) is 12.2 Å². The summed E-state index contributed by atoms with van der Waals surface area (Å²) >= 11 is 0. The quantitative estimate of drug-likeness (QED) is 0.598. The van der Waals surface area contributed by atoms with Crippen LogP contribution in [0.3, 0.4) is 0 Å². The molecule has 30 heavy (non-hydrogen) atoms. The topological polar surface area (TPSA) is 84.5 Å². The van der Waals surface area contributed by atoms with Crippen molar-refractivity contribution in [3.63, 3.8) is 0 Å². The van der Waals surface area contributed by atoms with Crippen molar-refractivity contribution >= 4 is 34.6 Å². The number of carbonyl (C=O) groups is 2. The summed E-state index contributed by atoms with van der Waals surface area (Å²) < 4.78 is 5.55. The van der Waals surface area contributed by atoms with Crippen LogP contribution in [0.5, 0.6) is 0 Å². The van der Waals surface area contributed by atoms with E-state index in [-0.39, 0.29) is 5.91 Å². The lowest BCUT2D eigenvalue weighted by Gasteiger charge is -2.23. The molecule has 2 aromatic rings. The number of nitrogens with one attached hydrogen (secondary N) is 2. The monoisotopic (exact) mass is 411 g/mol. The summed E-state index contributed by atoms with van der Waals surface area (Å²) in [5, 5.41) is 7.62. The molecular weight excluding hydrogens is 380 g/mol. The first-order chi connectivity index (χ1) is 14.2. The summed E-state index contributed by atoms with van der Waals surface area (Å²) in [5.74, 6) is -0.798. The number of esters is 1. The predicted molar refractivity (Wildman–Crippen MR) is 119 cm³/mol. The van der Waals surface area contributed by atoms with E-state index in [0.29, 0.717) is 17.7 Å². The van der Waals surface area contributed by atoms with E-state index in [1.165, 1.54) is 0 Å². The number of rotatable bonds is 9. The Labute approximate surface area is 178 Å². The molecule has 0 aliphatic carbocycles. The van der Waals surface area contributed by atoms with Gasteiger partial charge in [0.25, 0.3) is 0 Å². The van der Waals surface area contributed by atoms with Gasteiger partial charge in [-0.25, -0.2) is 4.79 Å². The van der Waals surface area contributed by atoms with Crippen LogP contribution in [0.4, 0.5) is 5.69 Å². The van der Waals surface area contributed by atoms with Gasteiger partial charge < -0.3 is 15.4 Å². The van der Waals surface area contributed by atoms with Gasteiger partial charge >= 0.3 is 5.97 Å². The Kier molecular flexibility index (Phi) is 7.98. The highest BCUT2D eigenvalue weighted by molar-refractivity contribution is 6.07. The summed E-state index contributed by atoms with van der Waals surface area (Å²) in [4.78, 5) is 36.6. The smallest absolute Gasteiger partial charge is 0.340 e. The standard InChI is InChI=1S/C24H31N2O4/c1-6-7-11-18(15-27)26-22(28)16(2)25-21-19-12-9-8-10-17(19)13-14-20(21)23(29)30-24(3,4)5/h8-10,12-14,16,18,25H,6-7,11H2,1-5H3,(H,26,28). The lowest BCUT2D eigenvalue weighted by molar-refractivity contribution is -0.121. The molecule has 0 aliphatic heterocycles. The van der Waals surface area contributed by atoms with Crippen LogP contribution in [0, 0.1) is 0 Å². The molecule has 161 valence electrons. The average Bonchev–Trinajstić information content (AvgIpc) is 2.69. The van der Waals surface area contributed by atoms with E-state index >= 15 is 0 Å². The molecule has 6 heteroatoms. The Morgan fingerprint density at radius 3 is 2.47 bits per heavy atom. The number of hydrogen-bond donors (Lipinski definition) is 2. The molecule has 2 unspecified atom stereocenters. The first-order valence-electron chi connectivity index (χ1n) is 10.4. The van der Waals surface area contributed by atoms with E-state index in [2.05, 4.69) is 10.6 Å². The number of ether oxygens (including phenoxy) is 1. The first kappa shape index (κ1) is 23.4. The van der Waals surface area contributed by atoms with E-state index in [0.717, 1.165) is 23.6 Å².